The van der Waals surface area contributed by atoms with Crippen LogP contribution >= 0.6 is 11.6 Å². The van der Waals surface area contributed by atoms with E-state index < -0.39 is 0 Å². The summed E-state index contributed by atoms with van der Waals surface area (Å²) in [5, 5.41) is 6.80. The van der Waals surface area contributed by atoms with Gasteiger partial charge in [0.05, 0.1) is 16.0 Å². The Morgan fingerprint density at radius 1 is 1.33 bits per heavy atom. The van der Waals surface area contributed by atoms with Gasteiger partial charge in [-0.05, 0) is 43.5 Å². The quantitative estimate of drug-likeness (QED) is 0.882. The summed E-state index contributed by atoms with van der Waals surface area (Å²) in [6.07, 6.45) is 4.32. The van der Waals surface area contributed by atoms with Crippen molar-refractivity contribution in [2.45, 2.75) is 25.7 Å². The molecular weight excluding hydrogens is 326 g/mol. The maximum absolute atomic E-state index is 13.0. The molecule has 24 heavy (non-hydrogen) atoms. The molecule has 1 aromatic rings. The average molecular weight is 350 g/mol. The highest BCUT2D eigenvalue weighted by Gasteiger charge is 2.49. The molecule has 1 saturated heterocycles. The van der Waals surface area contributed by atoms with Crippen molar-refractivity contribution in [3.05, 3.63) is 28.8 Å². The summed E-state index contributed by atoms with van der Waals surface area (Å²) in [6, 6.07) is 5.08. The zero-order chi connectivity index (χ0) is 17.3. The van der Waals surface area contributed by atoms with Gasteiger partial charge < -0.3 is 15.5 Å². The number of rotatable bonds is 3. The normalized spacial score (nSPS) is 25.9. The molecule has 0 unspecified atom stereocenters. The van der Waals surface area contributed by atoms with Crippen molar-refractivity contribution in [1.29, 1.82) is 0 Å². The van der Waals surface area contributed by atoms with Crippen LogP contribution in [0.15, 0.2) is 18.2 Å². The summed E-state index contributed by atoms with van der Waals surface area (Å²) in [5.74, 6) is 0.288. The zero-order valence-corrected chi connectivity index (χ0v) is 14.9. The molecule has 2 N–H and O–H groups in total. The molecule has 0 radical (unpaired) electrons. The SMILES string of the molecule is CN(C)C(=O)c1cc(NC(=O)[C@@]23CCCC[C@H]2CNC3)ccc1Cl. The average Bonchev–Trinajstić information content (AvgIpc) is 3.01. The minimum Gasteiger partial charge on any atom is -0.345 e. The molecule has 0 aromatic heterocycles. The lowest BCUT2D eigenvalue weighted by molar-refractivity contribution is -0.128. The standard InChI is InChI=1S/C18H24ClN3O2/c1-22(2)16(23)14-9-13(6-7-15(14)19)21-17(24)18-8-4-3-5-12(18)10-20-11-18/h6-7,9,12,20H,3-5,8,10-11H2,1-2H3,(H,21,24)/t12-,18+/m0/s1. The summed E-state index contributed by atoms with van der Waals surface area (Å²) < 4.78 is 0. The molecule has 1 saturated carbocycles. The van der Waals surface area contributed by atoms with E-state index in [-0.39, 0.29) is 17.2 Å². The van der Waals surface area contributed by atoms with Crippen molar-refractivity contribution in [2.24, 2.45) is 11.3 Å². The first-order valence-corrected chi connectivity index (χ1v) is 8.85. The van der Waals surface area contributed by atoms with Gasteiger partial charge in [0.15, 0.2) is 0 Å². The second-order valence-electron chi connectivity index (χ2n) is 7.08. The summed E-state index contributed by atoms with van der Waals surface area (Å²) in [5.41, 5.74) is 0.714. The highest BCUT2D eigenvalue weighted by molar-refractivity contribution is 6.34. The van der Waals surface area contributed by atoms with Gasteiger partial charge in [-0.15, -0.1) is 0 Å². The Hall–Kier alpha value is -1.59. The van der Waals surface area contributed by atoms with E-state index in [0.717, 1.165) is 32.4 Å². The van der Waals surface area contributed by atoms with Crippen LogP contribution in [0.4, 0.5) is 5.69 Å². The van der Waals surface area contributed by atoms with Crippen molar-refractivity contribution < 1.29 is 9.59 Å². The maximum Gasteiger partial charge on any atom is 0.254 e. The fraction of sp³-hybridized carbons (Fsp3) is 0.556. The number of nitrogens with one attached hydrogen (secondary N) is 2. The summed E-state index contributed by atoms with van der Waals surface area (Å²) in [6.45, 7) is 1.65. The number of fused-ring (bicyclic) bond motifs is 1. The van der Waals surface area contributed by atoms with Crippen LogP contribution in [-0.2, 0) is 4.79 Å². The van der Waals surface area contributed by atoms with Crippen molar-refractivity contribution in [3.8, 4) is 0 Å². The molecule has 2 amide bonds. The third kappa shape index (κ3) is 3.03. The summed E-state index contributed by atoms with van der Waals surface area (Å²) >= 11 is 6.14. The number of carbonyl (C=O) groups excluding carboxylic acids is 2. The lowest BCUT2D eigenvalue weighted by atomic mass is 9.67. The molecular formula is C18H24ClN3O2. The van der Waals surface area contributed by atoms with E-state index in [1.165, 1.54) is 11.3 Å². The first-order chi connectivity index (χ1) is 11.4. The fourth-order valence-electron chi connectivity index (χ4n) is 3.95. The Morgan fingerprint density at radius 2 is 2.12 bits per heavy atom. The van der Waals surface area contributed by atoms with Gasteiger partial charge in [-0.2, -0.15) is 0 Å². The smallest absolute Gasteiger partial charge is 0.254 e. The lowest BCUT2D eigenvalue weighted by Crippen LogP contribution is -2.44. The molecule has 5 nitrogen and oxygen atoms in total. The molecule has 1 aliphatic heterocycles. The predicted octanol–water partition coefficient (Wildman–Crippen LogP) is 2.76. The number of nitrogens with zero attached hydrogens (tertiary/aromatic N) is 1. The van der Waals surface area contributed by atoms with Crippen LogP contribution in [0.5, 0.6) is 0 Å². The van der Waals surface area contributed by atoms with E-state index in [2.05, 4.69) is 10.6 Å². The van der Waals surface area contributed by atoms with Gasteiger partial charge in [0.25, 0.3) is 5.91 Å². The second kappa shape index (κ2) is 6.73. The van der Waals surface area contributed by atoms with Gasteiger partial charge in [0.2, 0.25) is 5.91 Å². The molecule has 2 atom stereocenters. The number of halogens is 1. The lowest BCUT2D eigenvalue weighted by Gasteiger charge is -2.37. The van der Waals surface area contributed by atoms with Crippen LogP contribution in [-0.4, -0.2) is 43.9 Å². The molecule has 3 rings (SSSR count). The van der Waals surface area contributed by atoms with Crippen LogP contribution < -0.4 is 10.6 Å². The van der Waals surface area contributed by atoms with Gasteiger partial charge >= 0.3 is 0 Å². The van der Waals surface area contributed by atoms with E-state index in [0.29, 0.717) is 22.2 Å². The van der Waals surface area contributed by atoms with Crippen LogP contribution in [0, 0.1) is 11.3 Å². The van der Waals surface area contributed by atoms with Gasteiger partial charge in [-0.25, -0.2) is 0 Å². The fourth-order valence-corrected chi connectivity index (χ4v) is 4.15. The summed E-state index contributed by atoms with van der Waals surface area (Å²) in [7, 11) is 3.36. The van der Waals surface area contributed by atoms with Crippen LogP contribution in [0.3, 0.4) is 0 Å². The molecule has 1 aromatic carbocycles. The minimum atomic E-state index is -0.316. The predicted molar refractivity (Wildman–Crippen MR) is 95.4 cm³/mol. The van der Waals surface area contributed by atoms with E-state index in [4.69, 9.17) is 11.6 Å². The van der Waals surface area contributed by atoms with Gasteiger partial charge in [0, 0.05) is 26.3 Å². The number of hydrogen-bond donors (Lipinski definition) is 2. The van der Waals surface area contributed by atoms with Crippen LogP contribution in [0.25, 0.3) is 0 Å². The number of anilines is 1. The zero-order valence-electron chi connectivity index (χ0n) is 14.2. The number of carbonyl (C=O) groups is 2. The molecule has 2 fully saturated rings. The summed E-state index contributed by atoms with van der Waals surface area (Å²) in [4.78, 5) is 26.7. The number of amides is 2. The van der Waals surface area contributed by atoms with Gasteiger partial charge in [-0.3, -0.25) is 9.59 Å². The molecule has 6 heteroatoms. The Bertz CT molecular complexity index is 662. The van der Waals surface area contributed by atoms with Crippen LogP contribution in [0.2, 0.25) is 5.02 Å². The van der Waals surface area contributed by atoms with E-state index in [1.807, 2.05) is 0 Å². The minimum absolute atomic E-state index is 0.0581. The third-order valence-corrected chi connectivity index (χ3v) is 5.68. The highest BCUT2D eigenvalue weighted by Crippen LogP contribution is 2.44. The van der Waals surface area contributed by atoms with E-state index >= 15 is 0 Å². The van der Waals surface area contributed by atoms with Crippen LogP contribution in [0.1, 0.15) is 36.0 Å². The Kier molecular flexibility index (Phi) is 4.83. The van der Waals surface area contributed by atoms with Gasteiger partial charge in [0.1, 0.15) is 0 Å². The Morgan fingerprint density at radius 3 is 2.88 bits per heavy atom. The molecule has 130 valence electrons. The highest BCUT2D eigenvalue weighted by atomic mass is 35.5. The van der Waals surface area contributed by atoms with Gasteiger partial charge in [-0.1, -0.05) is 24.4 Å². The maximum atomic E-state index is 13.0. The largest absolute Gasteiger partial charge is 0.345 e. The molecule has 0 spiro atoms. The van der Waals surface area contributed by atoms with Crippen molar-refractivity contribution >= 4 is 29.1 Å². The Labute approximate surface area is 147 Å². The number of hydrogen-bond acceptors (Lipinski definition) is 3. The van der Waals surface area contributed by atoms with Crippen molar-refractivity contribution in [3.63, 3.8) is 0 Å². The Balaban J connectivity index is 1.82. The molecule has 0 bridgehead atoms. The molecule has 1 aliphatic carbocycles. The first kappa shape index (κ1) is 17.2. The van der Waals surface area contributed by atoms with E-state index in [9.17, 15) is 9.59 Å². The third-order valence-electron chi connectivity index (χ3n) is 5.35. The monoisotopic (exact) mass is 349 g/mol. The van der Waals surface area contributed by atoms with Crippen molar-refractivity contribution in [2.75, 3.05) is 32.5 Å². The topological polar surface area (TPSA) is 61.4 Å². The molecule has 1 heterocycles. The molecule has 2 aliphatic rings. The number of benzene rings is 1. The van der Waals surface area contributed by atoms with Crippen molar-refractivity contribution in [1.82, 2.24) is 10.2 Å². The van der Waals surface area contributed by atoms with E-state index in [1.54, 1.807) is 32.3 Å². The first-order valence-electron chi connectivity index (χ1n) is 8.47. The second-order valence-corrected chi connectivity index (χ2v) is 7.49.